The van der Waals surface area contributed by atoms with E-state index in [1.54, 1.807) is 7.11 Å². The van der Waals surface area contributed by atoms with Gasteiger partial charge in [0, 0.05) is 25.7 Å². The fourth-order valence-corrected chi connectivity index (χ4v) is 4.78. The summed E-state index contributed by atoms with van der Waals surface area (Å²) in [5, 5.41) is 3.45. The van der Waals surface area contributed by atoms with Crippen LogP contribution < -0.4 is 10.1 Å². The van der Waals surface area contributed by atoms with Gasteiger partial charge in [-0.05, 0) is 47.2 Å². The van der Waals surface area contributed by atoms with Crippen molar-refractivity contribution in [3.63, 3.8) is 0 Å². The molecule has 2 aliphatic heterocycles. The van der Waals surface area contributed by atoms with Crippen LogP contribution in [-0.2, 0) is 0 Å². The number of carbonyl (C=O) groups excluding carboxylic acids is 1. The topological polar surface area (TPSA) is 41.6 Å². The number of piperidine rings is 1. The highest BCUT2D eigenvalue weighted by Crippen LogP contribution is 2.39. The van der Waals surface area contributed by atoms with Crippen LogP contribution in [0.25, 0.3) is 0 Å². The van der Waals surface area contributed by atoms with Crippen LogP contribution in [0.4, 0.5) is 0 Å². The van der Waals surface area contributed by atoms with Gasteiger partial charge in [-0.2, -0.15) is 0 Å². The Kier molecular flexibility index (Phi) is 5.57. The number of rotatable bonds is 2. The Labute approximate surface area is 143 Å². The number of carbonyl (C=O) groups is 1. The van der Waals surface area contributed by atoms with Crippen LogP contribution in [0.3, 0.4) is 0 Å². The van der Waals surface area contributed by atoms with Gasteiger partial charge < -0.3 is 15.0 Å². The van der Waals surface area contributed by atoms with Crippen LogP contribution in [-0.4, -0.2) is 44.1 Å². The zero-order valence-corrected chi connectivity index (χ0v) is 15.2. The number of halogens is 2. The first-order chi connectivity index (χ1) is 9.63. The molecule has 118 valence electrons. The quantitative estimate of drug-likeness (QED) is 0.836. The van der Waals surface area contributed by atoms with Gasteiger partial charge in [-0.1, -0.05) is 0 Å². The molecule has 2 saturated heterocycles. The maximum atomic E-state index is 12.5. The molecule has 3 heterocycles. The summed E-state index contributed by atoms with van der Waals surface area (Å²) in [6, 6.07) is 1.83. The minimum atomic E-state index is 0. The molecule has 2 aliphatic rings. The van der Waals surface area contributed by atoms with Gasteiger partial charge in [0.2, 0.25) is 0 Å². The van der Waals surface area contributed by atoms with Gasteiger partial charge in [-0.3, -0.25) is 4.79 Å². The van der Waals surface area contributed by atoms with Crippen molar-refractivity contribution in [1.82, 2.24) is 10.2 Å². The second-order valence-corrected chi connectivity index (χ2v) is 8.04. The number of thiophene rings is 1. The monoisotopic (exact) mass is 394 g/mol. The van der Waals surface area contributed by atoms with Crippen molar-refractivity contribution in [2.75, 3.05) is 33.3 Å². The normalized spacial score (nSPS) is 20.4. The highest BCUT2D eigenvalue weighted by molar-refractivity contribution is 9.11. The van der Waals surface area contributed by atoms with E-state index in [9.17, 15) is 4.79 Å². The van der Waals surface area contributed by atoms with E-state index < -0.39 is 0 Å². The van der Waals surface area contributed by atoms with E-state index in [1.165, 1.54) is 17.8 Å². The lowest BCUT2D eigenvalue weighted by molar-refractivity contribution is 0.0612. The molecule has 3 rings (SSSR count). The Balaban J connectivity index is 0.00000161. The lowest BCUT2D eigenvalue weighted by Gasteiger charge is -2.38. The number of hydrogen-bond acceptors (Lipinski definition) is 4. The number of likely N-dealkylation sites (tertiary alicyclic amines) is 1. The maximum Gasteiger partial charge on any atom is 0.264 e. The van der Waals surface area contributed by atoms with Crippen LogP contribution in [0.5, 0.6) is 5.75 Å². The molecule has 1 aromatic heterocycles. The van der Waals surface area contributed by atoms with Crippen molar-refractivity contribution in [2.24, 2.45) is 5.41 Å². The van der Waals surface area contributed by atoms with E-state index in [-0.39, 0.29) is 18.3 Å². The summed E-state index contributed by atoms with van der Waals surface area (Å²) >= 11 is 4.89. The SMILES string of the molecule is COc1cc(C(=O)N2CCC3(CCNC3)CC2)sc1Br.Cl. The van der Waals surface area contributed by atoms with Gasteiger partial charge in [-0.15, -0.1) is 23.7 Å². The third-order valence-corrected chi connectivity index (χ3v) is 6.30. The van der Waals surface area contributed by atoms with Crippen LogP contribution in [0.2, 0.25) is 0 Å². The summed E-state index contributed by atoms with van der Waals surface area (Å²) in [6.45, 7) is 3.99. The fourth-order valence-electron chi connectivity index (χ4n) is 3.16. The minimum Gasteiger partial charge on any atom is -0.495 e. The van der Waals surface area contributed by atoms with Crippen molar-refractivity contribution in [2.45, 2.75) is 19.3 Å². The van der Waals surface area contributed by atoms with Crippen molar-refractivity contribution < 1.29 is 9.53 Å². The molecule has 21 heavy (non-hydrogen) atoms. The number of amides is 1. The summed E-state index contributed by atoms with van der Waals surface area (Å²) in [6.07, 6.45) is 3.50. The predicted octanol–water partition coefficient (Wildman–Crippen LogP) is 3.16. The van der Waals surface area contributed by atoms with E-state index in [0.29, 0.717) is 5.41 Å². The molecule has 0 radical (unpaired) electrons. The molecule has 0 unspecified atom stereocenters. The highest BCUT2D eigenvalue weighted by Gasteiger charge is 2.38. The molecule has 1 N–H and O–H groups in total. The van der Waals surface area contributed by atoms with Gasteiger partial charge in [0.15, 0.2) is 0 Å². The van der Waals surface area contributed by atoms with Gasteiger partial charge in [-0.25, -0.2) is 0 Å². The number of nitrogens with zero attached hydrogens (tertiary/aromatic N) is 1. The van der Waals surface area contributed by atoms with E-state index in [1.807, 2.05) is 11.0 Å². The molecule has 1 aromatic rings. The Morgan fingerprint density at radius 3 is 2.67 bits per heavy atom. The lowest BCUT2D eigenvalue weighted by Crippen LogP contribution is -2.43. The summed E-state index contributed by atoms with van der Waals surface area (Å²) in [5.41, 5.74) is 0.449. The molecule has 0 aliphatic carbocycles. The van der Waals surface area contributed by atoms with Crippen molar-refractivity contribution >= 4 is 45.6 Å². The zero-order valence-electron chi connectivity index (χ0n) is 12.0. The van der Waals surface area contributed by atoms with Crippen molar-refractivity contribution in [3.8, 4) is 5.75 Å². The summed E-state index contributed by atoms with van der Waals surface area (Å²) in [5.74, 6) is 0.881. The Bertz CT molecular complexity index is 507. The van der Waals surface area contributed by atoms with Crippen molar-refractivity contribution in [3.05, 3.63) is 14.7 Å². The molecule has 0 bridgehead atoms. The van der Waals surface area contributed by atoms with E-state index in [2.05, 4.69) is 21.2 Å². The number of ether oxygens (including phenoxy) is 1. The Morgan fingerprint density at radius 2 is 2.14 bits per heavy atom. The molecule has 0 atom stereocenters. The first-order valence-corrected chi connectivity index (χ1v) is 8.58. The van der Waals surface area contributed by atoms with E-state index >= 15 is 0 Å². The molecule has 2 fully saturated rings. The second kappa shape index (κ2) is 6.86. The summed E-state index contributed by atoms with van der Waals surface area (Å²) in [7, 11) is 1.62. The number of nitrogens with one attached hydrogen (secondary N) is 1. The van der Waals surface area contributed by atoms with Gasteiger partial charge in [0.05, 0.1) is 12.0 Å². The highest BCUT2D eigenvalue weighted by atomic mass is 79.9. The average Bonchev–Trinajstić information content (AvgIpc) is 3.06. The molecule has 1 amide bonds. The largest absolute Gasteiger partial charge is 0.495 e. The van der Waals surface area contributed by atoms with Crippen LogP contribution >= 0.6 is 39.7 Å². The lowest BCUT2D eigenvalue weighted by atomic mass is 9.78. The van der Waals surface area contributed by atoms with Gasteiger partial charge >= 0.3 is 0 Å². The average molecular weight is 396 g/mol. The van der Waals surface area contributed by atoms with Gasteiger partial charge in [0.25, 0.3) is 5.91 Å². The third-order valence-electron chi connectivity index (χ3n) is 4.53. The molecule has 0 saturated carbocycles. The smallest absolute Gasteiger partial charge is 0.264 e. The minimum absolute atomic E-state index is 0. The molecular weight excluding hydrogens is 376 g/mol. The van der Waals surface area contributed by atoms with E-state index in [0.717, 1.165) is 53.4 Å². The maximum absolute atomic E-state index is 12.5. The van der Waals surface area contributed by atoms with Crippen LogP contribution in [0.1, 0.15) is 28.9 Å². The Morgan fingerprint density at radius 1 is 1.43 bits per heavy atom. The van der Waals surface area contributed by atoms with Crippen molar-refractivity contribution in [1.29, 1.82) is 0 Å². The number of methoxy groups -OCH3 is 1. The molecular formula is C14H20BrClN2O2S. The molecule has 7 heteroatoms. The summed E-state index contributed by atoms with van der Waals surface area (Å²) in [4.78, 5) is 15.3. The molecule has 0 aromatic carbocycles. The second-order valence-electron chi connectivity index (χ2n) is 5.67. The third kappa shape index (κ3) is 3.38. The number of hydrogen-bond donors (Lipinski definition) is 1. The summed E-state index contributed by atoms with van der Waals surface area (Å²) < 4.78 is 6.11. The first-order valence-electron chi connectivity index (χ1n) is 6.97. The standard InChI is InChI=1S/C14H19BrN2O2S.ClH/c1-19-10-8-11(20-12(10)15)13(18)17-6-3-14(4-7-17)2-5-16-9-14;/h8,16H,2-7,9H2,1H3;1H. The Hall–Kier alpha value is -0.300. The van der Waals surface area contributed by atoms with Crippen LogP contribution in [0, 0.1) is 5.41 Å². The molecule has 4 nitrogen and oxygen atoms in total. The van der Waals surface area contributed by atoms with Gasteiger partial charge in [0.1, 0.15) is 9.54 Å². The zero-order chi connectivity index (χ0) is 14.2. The van der Waals surface area contributed by atoms with Crippen LogP contribution in [0.15, 0.2) is 9.85 Å². The molecule has 1 spiro atoms. The fraction of sp³-hybridized carbons (Fsp3) is 0.643. The predicted molar refractivity (Wildman–Crippen MR) is 90.9 cm³/mol. The van der Waals surface area contributed by atoms with E-state index in [4.69, 9.17) is 4.74 Å². The first kappa shape index (κ1) is 17.1.